The van der Waals surface area contributed by atoms with Crippen molar-refractivity contribution in [3.63, 3.8) is 0 Å². The van der Waals surface area contributed by atoms with Crippen LogP contribution in [0.1, 0.15) is 25.8 Å². The molecule has 3 aromatic heterocycles. The Balaban J connectivity index is 1.29. The Labute approximate surface area is 176 Å². The van der Waals surface area contributed by atoms with Crippen molar-refractivity contribution < 1.29 is 18.0 Å². The van der Waals surface area contributed by atoms with E-state index in [0.717, 1.165) is 29.6 Å². The average Bonchev–Trinajstić information content (AvgIpc) is 3.12. The molecule has 0 radical (unpaired) electrons. The van der Waals surface area contributed by atoms with Crippen LogP contribution in [0.4, 0.5) is 18.9 Å². The SMILES string of the molecule is O=C([C@@H]1C[C@H]1F)N1C2CCC1CN(c1ccnn3cc(-c4cnn(C(F)F)c4)cc13)C2. The molecule has 5 heterocycles. The zero-order valence-electron chi connectivity index (χ0n) is 16.6. The number of amides is 1. The van der Waals surface area contributed by atoms with Gasteiger partial charge < -0.3 is 9.80 Å². The molecule has 1 aliphatic carbocycles. The Morgan fingerprint density at radius 2 is 1.84 bits per heavy atom. The summed E-state index contributed by atoms with van der Waals surface area (Å²) >= 11 is 0. The lowest BCUT2D eigenvalue weighted by atomic mass is 10.1. The van der Waals surface area contributed by atoms with Crippen molar-refractivity contribution >= 4 is 17.1 Å². The molecule has 6 rings (SSSR count). The number of nitrogens with zero attached hydrogens (tertiary/aromatic N) is 6. The molecule has 1 amide bonds. The molecule has 7 nitrogen and oxygen atoms in total. The Bertz CT molecular complexity index is 1150. The molecule has 31 heavy (non-hydrogen) atoms. The van der Waals surface area contributed by atoms with Crippen LogP contribution >= 0.6 is 0 Å². The van der Waals surface area contributed by atoms with E-state index < -0.39 is 18.6 Å². The molecular formula is C21H21F3N6O. The molecule has 10 heteroatoms. The molecule has 0 spiro atoms. The largest absolute Gasteiger partial charge is 0.366 e. The van der Waals surface area contributed by atoms with Gasteiger partial charge in [-0.05, 0) is 31.4 Å². The number of carbonyl (C=O) groups is 1. The summed E-state index contributed by atoms with van der Waals surface area (Å²) in [4.78, 5) is 16.9. The third kappa shape index (κ3) is 2.99. The number of alkyl halides is 3. The Morgan fingerprint density at radius 1 is 1.10 bits per heavy atom. The first-order valence-electron chi connectivity index (χ1n) is 10.5. The van der Waals surface area contributed by atoms with Crippen molar-refractivity contribution in [3.8, 4) is 11.1 Å². The van der Waals surface area contributed by atoms with E-state index in [2.05, 4.69) is 15.1 Å². The summed E-state index contributed by atoms with van der Waals surface area (Å²) in [5, 5.41) is 8.08. The fourth-order valence-electron chi connectivity index (χ4n) is 5.09. The van der Waals surface area contributed by atoms with Crippen LogP contribution in [0.15, 0.2) is 36.9 Å². The molecule has 4 atom stereocenters. The summed E-state index contributed by atoms with van der Waals surface area (Å²) in [5.41, 5.74) is 3.21. The van der Waals surface area contributed by atoms with Crippen molar-refractivity contribution in [1.82, 2.24) is 24.3 Å². The number of piperazine rings is 1. The normalized spacial score (nSPS) is 27.5. The molecule has 3 aromatic rings. The molecule has 2 saturated heterocycles. The maximum absolute atomic E-state index is 13.4. The molecule has 0 N–H and O–H groups in total. The van der Waals surface area contributed by atoms with E-state index in [4.69, 9.17) is 0 Å². The minimum atomic E-state index is -2.68. The van der Waals surface area contributed by atoms with Crippen LogP contribution in [0.25, 0.3) is 16.6 Å². The molecule has 162 valence electrons. The predicted octanol–water partition coefficient (Wildman–Crippen LogP) is 3.13. The van der Waals surface area contributed by atoms with E-state index in [-0.39, 0.29) is 18.0 Å². The van der Waals surface area contributed by atoms with Crippen LogP contribution in [0.3, 0.4) is 0 Å². The molecule has 3 aliphatic rings. The summed E-state index contributed by atoms with van der Waals surface area (Å²) in [6.07, 6.45) is 7.49. The van der Waals surface area contributed by atoms with Gasteiger partial charge in [-0.1, -0.05) is 0 Å². The summed E-state index contributed by atoms with van der Waals surface area (Å²) in [5.74, 6) is -0.467. The second-order valence-electron chi connectivity index (χ2n) is 8.66. The van der Waals surface area contributed by atoms with Crippen molar-refractivity contribution in [2.75, 3.05) is 18.0 Å². The molecule has 2 unspecified atom stereocenters. The number of halogens is 3. The smallest absolute Gasteiger partial charge is 0.333 e. The predicted molar refractivity (Wildman–Crippen MR) is 107 cm³/mol. The van der Waals surface area contributed by atoms with Crippen LogP contribution in [0.5, 0.6) is 0 Å². The lowest BCUT2D eigenvalue weighted by Gasteiger charge is -2.42. The minimum absolute atomic E-state index is 0.0273. The zero-order chi connectivity index (χ0) is 21.3. The first kappa shape index (κ1) is 18.7. The lowest BCUT2D eigenvalue weighted by molar-refractivity contribution is -0.136. The topological polar surface area (TPSA) is 58.7 Å². The third-order valence-corrected chi connectivity index (χ3v) is 6.73. The first-order chi connectivity index (χ1) is 15.0. The number of anilines is 1. The van der Waals surface area contributed by atoms with Gasteiger partial charge in [-0.3, -0.25) is 4.79 Å². The second kappa shape index (κ2) is 6.73. The number of aromatic nitrogens is 4. The summed E-state index contributed by atoms with van der Waals surface area (Å²) < 4.78 is 41.6. The zero-order valence-corrected chi connectivity index (χ0v) is 16.6. The van der Waals surface area contributed by atoms with Crippen molar-refractivity contribution in [3.05, 3.63) is 36.9 Å². The van der Waals surface area contributed by atoms with Gasteiger partial charge in [0.2, 0.25) is 5.91 Å². The standard InChI is InChI=1S/C21H21F3N6O/c22-17-6-16(17)20(31)30-14-1-2-15(30)11-27(10-14)18-3-4-25-28-8-12(5-19(18)28)13-7-26-29(9-13)21(23)24/h3-5,7-9,14-17,21H,1-2,6,10-11H2/t14?,15?,16-,17-/m1/s1. The van der Waals surface area contributed by atoms with Crippen molar-refractivity contribution in [1.29, 1.82) is 0 Å². The van der Waals surface area contributed by atoms with Gasteiger partial charge in [-0.15, -0.1) is 0 Å². The van der Waals surface area contributed by atoms with Gasteiger partial charge in [-0.25, -0.2) is 13.6 Å². The van der Waals surface area contributed by atoms with Gasteiger partial charge in [0.25, 0.3) is 0 Å². The quantitative estimate of drug-likeness (QED) is 0.638. The highest BCUT2D eigenvalue weighted by molar-refractivity contribution is 5.84. The van der Waals surface area contributed by atoms with Crippen molar-refractivity contribution in [2.24, 2.45) is 5.92 Å². The molecule has 1 saturated carbocycles. The van der Waals surface area contributed by atoms with E-state index >= 15 is 0 Å². The van der Waals surface area contributed by atoms with Gasteiger partial charge in [0, 0.05) is 54.9 Å². The van der Waals surface area contributed by atoms with Crippen LogP contribution in [-0.2, 0) is 4.79 Å². The van der Waals surface area contributed by atoms with E-state index in [1.807, 2.05) is 17.0 Å². The van der Waals surface area contributed by atoms with Gasteiger partial charge in [0.15, 0.2) is 0 Å². The molecule has 2 bridgehead atoms. The number of rotatable bonds is 4. The molecule has 2 aliphatic heterocycles. The average molecular weight is 430 g/mol. The number of hydrogen-bond acceptors (Lipinski definition) is 4. The maximum atomic E-state index is 13.4. The minimum Gasteiger partial charge on any atom is -0.366 e. The van der Waals surface area contributed by atoms with E-state index in [0.29, 0.717) is 29.8 Å². The van der Waals surface area contributed by atoms with Gasteiger partial charge in [0.05, 0.1) is 23.3 Å². The highest BCUT2D eigenvalue weighted by atomic mass is 19.3. The van der Waals surface area contributed by atoms with Crippen LogP contribution in [0.2, 0.25) is 0 Å². The number of carbonyl (C=O) groups excluding carboxylic acids is 1. The Hall–Kier alpha value is -3.04. The molecule has 0 aromatic carbocycles. The third-order valence-electron chi connectivity index (χ3n) is 6.73. The van der Waals surface area contributed by atoms with Crippen LogP contribution < -0.4 is 4.90 Å². The fraction of sp³-hybridized carbons (Fsp3) is 0.476. The van der Waals surface area contributed by atoms with Crippen LogP contribution in [-0.4, -0.2) is 61.5 Å². The second-order valence-corrected chi connectivity index (χ2v) is 8.66. The highest BCUT2D eigenvalue weighted by Gasteiger charge is 2.51. The summed E-state index contributed by atoms with van der Waals surface area (Å²) in [6, 6.07) is 4.04. The van der Waals surface area contributed by atoms with E-state index in [1.165, 1.54) is 12.4 Å². The van der Waals surface area contributed by atoms with Crippen LogP contribution in [0, 0.1) is 5.92 Å². The number of fused-ring (bicyclic) bond motifs is 3. The Kier molecular flexibility index (Phi) is 4.06. The monoisotopic (exact) mass is 430 g/mol. The van der Waals surface area contributed by atoms with Crippen molar-refractivity contribution in [2.45, 2.75) is 44.1 Å². The summed E-state index contributed by atoms with van der Waals surface area (Å²) in [7, 11) is 0. The summed E-state index contributed by atoms with van der Waals surface area (Å²) in [6.45, 7) is -1.30. The Morgan fingerprint density at radius 3 is 2.48 bits per heavy atom. The fourth-order valence-corrected chi connectivity index (χ4v) is 5.09. The maximum Gasteiger partial charge on any atom is 0.333 e. The lowest BCUT2D eigenvalue weighted by Crippen LogP contribution is -2.56. The first-order valence-corrected chi connectivity index (χ1v) is 10.5. The van der Waals surface area contributed by atoms with E-state index in [9.17, 15) is 18.0 Å². The molecule has 3 fully saturated rings. The number of hydrogen-bond donors (Lipinski definition) is 0. The highest BCUT2D eigenvalue weighted by Crippen LogP contribution is 2.41. The van der Waals surface area contributed by atoms with E-state index in [1.54, 1.807) is 16.9 Å². The van der Waals surface area contributed by atoms with Gasteiger partial charge >= 0.3 is 6.55 Å². The van der Waals surface area contributed by atoms with Gasteiger partial charge in [0.1, 0.15) is 6.17 Å². The molecular weight excluding hydrogens is 409 g/mol. The van der Waals surface area contributed by atoms with Gasteiger partial charge in [-0.2, -0.15) is 19.0 Å².